The van der Waals surface area contributed by atoms with Crippen LogP contribution in [0.4, 0.5) is 5.82 Å². The molecule has 3 nitrogen and oxygen atoms in total. The molecule has 0 unspecified atom stereocenters. The SMILES string of the molecule is C=CCN(C)c1ncc(CO)c2ccccc12. The summed E-state index contributed by atoms with van der Waals surface area (Å²) in [5, 5.41) is 11.4. The quantitative estimate of drug-likeness (QED) is 0.816. The van der Waals surface area contributed by atoms with Crippen molar-refractivity contribution in [2.75, 3.05) is 18.5 Å². The molecule has 17 heavy (non-hydrogen) atoms. The summed E-state index contributed by atoms with van der Waals surface area (Å²) in [6.45, 7) is 4.49. The average molecular weight is 228 g/mol. The van der Waals surface area contributed by atoms with Gasteiger partial charge in [-0.2, -0.15) is 0 Å². The van der Waals surface area contributed by atoms with E-state index >= 15 is 0 Å². The monoisotopic (exact) mass is 228 g/mol. The maximum absolute atomic E-state index is 9.30. The molecule has 0 bridgehead atoms. The molecule has 0 spiro atoms. The zero-order chi connectivity index (χ0) is 12.3. The molecule has 0 aliphatic carbocycles. The summed E-state index contributed by atoms with van der Waals surface area (Å²) in [6, 6.07) is 7.99. The highest BCUT2D eigenvalue weighted by Crippen LogP contribution is 2.26. The molecule has 88 valence electrons. The fraction of sp³-hybridized carbons (Fsp3) is 0.214. The number of likely N-dealkylation sites (N-methyl/N-ethyl adjacent to an activating group) is 1. The first-order chi connectivity index (χ1) is 8.27. The summed E-state index contributed by atoms with van der Waals surface area (Å²) < 4.78 is 0. The minimum absolute atomic E-state index is 0.0129. The second-order valence-corrected chi connectivity index (χ2v) is 3.98. The zero-order valence-electron chi connectivity index (χ0n) is 9.93. The van der Waals surface area contributed by atoms with Crippen LogP contribution >= 0.6 is 0 Å². The number of anilines is 1. The second kappa shape index (κ2) is 4.97. The van der Waals surface area contributed by atoms with E-state index in [4.69, 9.17) is 0 Å². The minimum Gasteiger partial charge on any atom is -0.392 e. The molecule has 0 radical (unpaired) electrons. The Morgan fingerprint density at radius 3 is 2.71 bits per heavy atom. The van der Waals surface area contributed by atoms with E-state index in [0.29, 0.717) is 0 Å². The van der Waals surface area contributed by atoms with Gasteiger partial charge in [0.1, 0.15) is 5.82 Å². The lowest BCUT2D eigenvalue weighted by molar-refractivity contribution is 0.283. The molecule has 1 aromatic heterocycles. The van der Waals surface area contributed by atoms with E-state index < -0.39 is 0 Å². The van der Waals surface area contributed by atoms with Gasteiger partial charge >= 0.3 is 0 Å². The van der Waals surface area contributed by atoms with Gasteiger partial charge in [0.2, 0.25) is 0 Å². The third-order valence-electron chi connectivity index (χ3n) is 2.79. The van der Waals surface area contributed by atoms with Crippen molar-refractivity contribution in [3.05, 3.63) is 48.7 Å². The molecule has 0 saturated heterocycles. The Balaban J connectivity index is 2.62. The number of aliphatic hydroxyl groups excluding tert-OH is 1. The Bertz CT molecular complexity index is 537. The molecule has 3 heteroatoms. The van der Waals surface area contributed by atoms with E-state index in [0.717, 1.165) is 28.7 Å². The van der Waals surface area contributed by atoms with Crippen LogP contribution in [0.1, 0.15) is 5.56 Å². The molecule has 0 aliphatic rings. The van der Waals surface area contributed by atoms with Gasteiger partial charge in [-0.25, -0.2) is 4.98 Å². The van der Waals surface area contributed by atoms with Gasteiger partial charge in [0, 0.05) is 30.7 Å². The van der Waals surface area contributed by atoms with Crippen molar-refractivity contribution in [3.63, 3.8) is 0 Å². The van der Waals surface area contributed by atoms with E-state index in [-0.39, 0.29) is 6.61 Å². The van der Waals surface area contributed by atoms with Crippen LogP contribution in [0.15, 0.2) is 43.1 Å². The van der Waals surface area contributed by atoms with Crippen LogP contribution in [0.2, 0.25) is 0 Å². The maximum atomic E-state index is 9.30. The number of rotatable bonds is 4. The number of nitrogens with zero attached hydrogens (tertiary/aromatic N) is 2. The van der Waals surface area contributed by atoms with Gasteiger partial charge in [0.15, 0.2) is 0 Å². The normalized spacial score (nSPS) is 10.5. The molecule has 0 saturated carbocycles. The number of benzene rings is 1. The van der Waals surface area contributed by atoms with Crippen molar-refractivity contribution in [1.29, 1.82) is 0 Å². The lowest BCUT2D eigenvalue weighted by Gasteiger charge is -2.18. The fourth-order valence-corrected chi connectivity index (χ4v) is 1.95. The van der Waals surface area contributed by atoms with Crippen molar-refractivity contribution in [2.45, 2.75) is 6.61 Å². The molecule has 0 aliphatic heterocycles. The second-order valence-electron chi connectivity index (χ2n) is 3.98. The number of aromatic nitrogens is 1. The van der Waals surface area contributed by atoms with Crippen LogP contribution in [0.5, 0.6) is 0 Å². The summed E-state index contributed by atoms with van der Waals surface area (Å²) >= 11 is 0. The van der Waals surface area contributed by atoms with Gasteiger partial charge in [0.25, 0.3) is 0 Å². The molecule has 1 N–H and O–H groups in total. The predicted octanol–water partition coefficient (Wildman–Crippen LogP) is 2.35. The van der Waals surface area contributed by atoms with E-state index in [1.165, 1.54) is 0 Å². The molecule has 1 aromatic carbocycles. The van der Waals surface area contributed by atoms with Gasteiger partial charge in [0.05, 0.1) is 6.61 Å². The van der Waals surface area contributed by atoms with Crippen LogP contribution in [0.25, 0.3) is 10.8 Å². The molecule has 0 atom stereocenters. The van der Waals surface area contributed by atoms with E-state index in [1.54, 1.807) is 6.20 Å². The number of aliphatic hydroxyl groups is 1. The standard InChI is InChI=1S/C14H16N2O/c1-3-8-16(2)14-13-7-5-4-6-12(13)11(10-17)9-15-14/h3-7,9,17H,1,8,10H2,2H3. The Hall–Kier alpha value is -1.87. The lowest BCUT2D eigenvalue weighted by atomic mass is 10.1. The summed E-state index contributed by atoms with van der Waals surface area (Å²) in [7, 11) is 1.98. The van der Waals surface area contributed by atoms with Crippen LogP contribution in [0, 0.1) is 0 Å². The summed E-state index contributed by atoms with van der Waals surface area (Å²) in [4.78, 5) is 6.45. The van der Waals surface area contributed by atoms with Crippen molar-refractivity contribution in [3.8, 4) is 0 Å². The predicted molar refractivity (Wildman–Crippen MR) is 71.1 cm³/mol. The van der Waals surface area contributed by atoms with Crippen LogP contribution in [-0.2, 0) is 6.61 Å². The molecule has 1 heterocycles. The molecule has 0 fully saturated rings. The van der Waals surface area contributed by atoms with E-state index in [9.17, 15) is 5.11 Å². The van der Waals surface area contributed by atoms with Gasteiger partial charge < -0.3 is 10.0 Å². The third-order valence-corrected chi connectivity index (χ3v) is 2.79. The minimum atomic E-state index is 0.0129. The van der Waals surface area contributed by atoms with Crippen LogP contribution in [-0.4, -0.2) is 23.7 Å². The summed E-state index contributed by atoms with van der Waals surface area (Å²) in [5.74, 6) is 0.915. The van der Waals surface area contributed by atoms with E-state index in [1.807, 2.05) is 42.3 Å². The fourth-order valence-electron chi connectivity index (χ4n) is 1.95. The molecule has 2 aromatic rings. The Morgan fingerprint density at radius 2 is 2.06 bits per heavy atom. The van der Waals surface area contributed by atoms with Crippen LogP contribution < -0.4 is 4.90 Å². The highest BCUT2D eigenvalue weighted by molar-refractivity contribution is 5.94. The Labute approximate surface area is 101 Å². The van der Waals surface area contributed by atoms with Crippen molar-refractivity contribution < 1.29 is 5.11 Å². The third kappa shape index (κ3) is 2.15. The number of pyridine rings is 1. The topological polar surface area (TPSA) is 36.4 Å². The highest BCUT2D eigenvalue weighted by atomic mass is 16.3. The first-order valence-electron chi connectivity index (χ1n) is 5.57. The summed E-state index contributed by atoms with van der Waals surface area (Å²) in [6.07, 6.45) is 3.58. The Morgan fingerprint density at radius 1 is 1.35 bits per heavy atom. The average Bonchev–Trinajstić information content (AvgIpc) is 2.37. The highest BCUT2D eigenvalue weighted by Gasteiger charge is 2.09. The zero-order valence-corrected chi connectivity index (χ0v) is 9.93. The summed E-state index contributed by atoms with van der Waals surface area (Å²) in [5.41, 5.74) is 0.858. The molecule has 0 amide bonds. The van der Waals surface area contributed by atoms with Gasteiger partial charge in [-0.1, -0.05) is 30.3 Å². The molecular weight excluding hydrogens is 212 g/mol. The van der Waals surface area contributed by atoms with Crippen LogP contribution in [0.3, 0.4) is 0 Å². The van der Waals surface area contributed by atoms with Crippen molar-refractivity contribution in [2.24, 2.45) is 0 Å². The number of hydrogen-bond donors (Lipinski definition) is 1. The van der Waals surface area contributed by atoms with Gasteiger partial charge in [-0.3, -0.25) is 0 Å². The lowest BCUT2D eigenvalue weighted by Crippen LogP contribution is -2.18. The van der Waals surface area contributed by atoms with Gasteiger partial charge in [-0.15, -0.1) is 6.58 Å². The number of hydrogen-bond acceptors (Lipinski definition) is 3. The first kappa shape index (κ1) is 11.6. The molecule has 2 rings (SSSR count). The smallest absolute Gasteiger partial charge is 0.136 e. The number of fused-ring (bicyclic) bond motifs is 1. The Kier molecular flexibility index (Phi) is 3.40. The van der Waals surface area contributed by atoms with Crippen molar-refractivity contribution in [1.82, 2.24) is 4.98 Å². The molecular formula is C14H16N2O. The largest absolute Gasteiger partial charge is 0.392 e. The van der Waals surface area contributed by atoms with E-state index in [2.05, 4.69) is 11.6 Å². The maximum Gasteiger partial charge on any atom is 0.136 e. The van der Waals surface area contributed by atoms with Crippen molar-refractivity contribution >= 4 is 16.6 Å². The first-order valence-corrected chi connectivity index (χ1v) is 5.57. The van der Waals surface area contributed by atoms with Gasteiger partial charge in [-0.05, 0) is 5.39 Å².